The topological polar surface area (TPSA) is 58.6 Å². The highest BCUT2D eigenvalue weighted by Crippen LogP contribution is 2.23. The number of amides is 2. The van der Waals surface area contributed by atoms with Crippen LogP contribution < -0.4 is 10.1 Å². The van der Waals surface area contributed by atoms with Crippen LogP contribution in [-0.2, 0) is 16.0 Å². The summed E-state index contributed by atoms with van der Waals surface area (Å²) in [4.78, 5) is 25.4. The van der Waals surface area contributed by atoms with Crippen LogP contribution in [0.25, 0.3) is 0 Å². The molecule has 0 heterocycles. The van der Waals surface area contributed by atoms with Crippen LogP contribution in [0.4, 0.5) is 18.9 Å². The summed E-state index contributed by atoms with van der Waals surface area (Å²) in [6.07, 6.45) is -3.92. The van der Waals surface area contributed by atoms with Gasteiger partial charge in [-0.05, 0) is 36.2 Å². The first-order valence-corrected chi connectivity index (χ1v) is 8.16. The Kier molecular flexibility index (Phi) is 6.81. The molecule has 2 amide bonds. The lowest BCUT2D eigenvalue weighted by atomic mass is 10.1. The molecule has 144 valence electrons. The fourth-order valence-electron chi connectivity index (χ4n) is 2.33. The van der Waals surface area contributed by atoms with Crippen LogP contribution in [0.3, 0.4) is 0 Å². The van der Waals surface area contributed by atoms with Gasteiger partial charge in [0.1, 0.15) is 5.75 Å². The molecule has 0 aromatic heterocycles. The second kappa shape index (κ2) is 9.07. The molecular weight excluding hydrogens is 361 g/mol. The van der Waals surface area contributed by atoms with E-state index in [1.165, 1.54) is 24.1 Å². The Morgan fingerprint density at radius 1 is 1.04 bits per heavy atom. The summed E-state index contributed by atoms with van der Waals surface area (Å²) in [7, 11) is 1.52. The number of halogens is 3. The molecule has 0 saturated heterocycles. The number of benzene rings is 2. The zero-order chi connectivity index (χ0) is 19.9. The maximum absolute atomic E-state index is 12.1. The second-order valence-corrected chi connectivity index (χ2v) is 5.86. The van der Waals surface area contributed by atoms with Crippen molar-refractivity contribution >= 4 is 17.5 Å². The molecule has 0 bridgehead atoms. The van der Waals surface area contributed by atoms with E-state index >= 15 is 0 Å². The summed E-state index contributed by atoms with van der Waals surface area (Å²) in [5, 5.41) is 2.52. The first-order chi connectivity index (χ1) is 12.7. The smallest absolute Gasteiger partial charge is 0.406 e. The molecule has 0 radical (unpaired) electrons. The van der Waals surface area contributed by atoms with E-state index in [0.29, 0.717) is 12.1 Å². The van der Waals surface area contributed by atoms with Crippen molar-refractivity contribution in [2.45, 2.75) is 19.2 Å². The van der Waals surface area contributed by atoms with E-state index in [1.54, 1.807) is 0 Å². The van der Waals surface area contributed by atoms with Gasteiger partial charge in [-0.3, -0.25) is 9.59 Å². The van der Waals surface area contributed by atoms with E-state index in [1.807, 2.05) is 30.3 Å². The van der Waals surface area contributed by atoms with Crippen molar-refractivity contribution < 1.29 is 27.5 Å². The van der Waals surface area contributed by atoms with Crippen LogP contribution in [0, 0.1) is 0 Å². The highest BCUT2D eigenvalue weighted by atomic mass is 19.4. The number of nitrogens with one attached hydrogen (secondary N) is 1. The number of alkyl halides is 3. The predicted octanol–water partition coefficient (Wildman–Crippen LogP) is 3.61. The van der Waals surface area contributed by atoms with Gasteiger partial charge >= 0.3 is 6.36 Å². The van der Waals surface area contributed by atoms with E-state index < -0.39 is 12.3 Å². The van der Waals surface area contributed by atoms with E-state index in [4.69, 9.17) is 0 Å². The number of anilines is 1. The minimum Gasteiger partial charge on any atom is -0.406 e. The number of carbonyl (C=O) groups is 2. The summed E-state index contributed by atoms with van der Waals surface area (Å²) in [5.41, 5.74) is 1.34. The lowest BCUT2D eigenvalue weighted by molar-refractivity contribution is -0.274. The molecule has 8 heteroatoms. The Morgan fingerprint density at radius 2 is 1.67 bits per heavy atom. The number of hydrogen-bond acceptors (Lipinski definition) is 3. The summed E-state index contributed by atoms with van der Waals surface area (Å²) in [5.74, 6) is -1.01. The molecule has 1 N–H and O–H groups in total. The van der Waals surface area contributed by atoms with Gasteiger partial charge < -0.3 is 15.0 Å². The predicted molar refractivity (Wildman–Crippen MR) is 94.2 cm³/mol. The van der Waals surface area contributed by atoms with Gasteiger partial charge in [-0.15, -0.1) is 13.2 Å². The van der Waals surface area contributed by atoms with Gasteiger partial charge in [0.2, 0.25) is 11.8 Å². The molecule has 0 fully saturated rings. The lowest BCUT2D eigenvalue weighted by Crippen LogP contribution is -2.35. The molecule has 0 saturated carbocycles. The Morgan fingerprint density at radius 3 is 2.26 bits per heavy atom. The van der Waals surface area contributed by atoms with E-state index in [2.05, 4.69) is 10.1 Å². The number of ether oxygens (including phenoxy) is 1. The van der Waals surface area contributed by atoms with Crippen molar-refractivity contribution in [2.24, 2.45) is 0 Å². The van der Waals surface area contributed by atoms with Crippen molar-refractivity contribution in [3.05, 3.63) is 60.2 Å². The molecule has 2 rings (SSSR count). The zero-order valence-corrected chi connectivity index (χ0v) is 14.6. The van der Waals surface area contributed by atoms with Gasteiger partial charge in [0.25, 0.3) is 0 Å². The third-order valence-electron chi connectivity index (χ3n) is 3.65. The Hall–Kier alpha value is -3.03. The Balaban J connectivity index is 1.79. The first kappa shape index (κ1) is 20.3. The standard InChI is InChI=1S/C19H19F3N2O3/c1-24(18(26)12-7-14-5-3-2-4-6-14)13-17(25)23-15-8-10-16(11-9-15)27-19(20,21)22/h2-6,8-11H,7,12-13H2,1H3,(H,23,25). The number of nitrogens with zero attached hydrogens (tertiary/aromatic N) is 1. The molecule has 0 spiro atoms. The number of carbonyl (C=O) groups excluding carboxylic acids is 2. The van der Waals surface area contributed by atoms with Crippen LogP contribution in [0.1, 0.15) is 12.0 Å². The zero-order valence-electron chi connectivity index (χ0n) is 14.6. The van der Waals surface area contributed by atoms with Crippen molar-refractivity contribution in [1.29, 1.82) is 0 Å². The normalized spacial score (nSPS) is 11.0. The fourth-order valence-corrected chi connectivity index (χ4v) is 2.33. The number of aryl methyl sites for hydroxylation is 1. The van der Waals surface area contributed by atoms with Gasteiger partial charge in [-0.2, -0.15) is 0 Å². The van der Waals surface area contributed by atoms with Gasteiger partial charge in [0.05, 0.1) is 6.54 Å². The van der Waals surface area contributed by atoms with Crippen LogP contribution >= 0.6 is 0 Å². The van der Waals surface area contributed by atoms with Crippen molar-refractivity contribution in [2.75, 3.05) is 18.9 Å². The summed E-state index contributed by atoms with van der Waals surface area (Å²) in [6.45, 7) is -0.158. The second-order valence-electron chi connectivity index (χ2n) is 5.86. The monoisotopic (exact) mass is 380 g/mol. The third-order valence-corrected chi connectivity index (χ3v) is 3.65. The largest absolute Gasteiger partial charge is 0.573 e. The van der Waals surface area contributed by atoms with E-state index in [9.17, 15) is 22.8 Å². The molecule has 0 aliphatic rings. The Bertz CT molecular complexity index is 762. The molecular formula is C19H19F3N2O3. The molecule has 5 nitrogen and oxygen atoms in total. The van der Waals surface area contributed by atoms with Crippen LogP contribution in [0.5, 0.6) is 5.75 Å². The number of likely N-dealkylation sites (N-methyl/N-ethyl adjacent to an activating group) is 1. The average Bonchev–Trinajstić information content (AvgIpc) is 2.61. The minimum absolute atomic E-state index is 0.158. The van der Waals surface area contributed by atoms with E-state index in [0.717, 1.165) is 17.7 Å². The first-order valence-electron chi connectivity index (χ1n) is 8.16. The minimum atomic E-state index is -4.77. The Labute approximate surface area is 154 Å². The summed E-state index contributed by atoms with van der Waals surface area (Å²) < 4.78 is 40.1. The van der Waals surface area contributed by atoms with Gasteiger partial charge in [0.15, 0.2) is 0 Å². The van der Waals surface area contributed by atoms with E-state index in [-0.39, 0.29) is 24.6 Å². The molecule has 27 heavy (non-hydrogen) atoms. The van der Waals surface area contributed by atoms with Crippen molar-refractivity contribution in [1.82, 2.24) is 4.90 Å². The van der Waals surface area contributed by atoms with Crippen molar-refractivity contribution in [3.8, 4) is 5.75 Å². The molecule has 0 unspecified atom stereocenters. The van der Waals surface area contributed by atoms with Crippen LogP contribution in [-0.4, -0.2) is 36.7 Å². The third kappa shape index (κ3) is 7.39. The molecule has 2 aromatic rings. The maximum Gasteiger partial charge on any atom is 0.573 e. The molecule has 0 aliphatic heterocycles. The van der Waals surface area contributed by atoms with Crippen molar-refractivity contribution in [3.63, 3.8) is 0 Å². The fraction of sp³-hybridized carbons (Fsp3) is 0.263. The number of rotatable bonds is 7. The number of hydrogen-bond donors (Lipinski definition) is 1. The van der Waals surface area contributed by atoms with Crippen LogP contribution in [0.2, 0.25) is 0 Å². The van der Waals surface area contributed by atoms with Gasteiger partial charge in [0, 0.05) is 19.2 Å². The van der Waals surface area contributed by atoms with Crippen LogP contribution in [0.15, 0.2) is 54.6 Å². The average molecular weight is 380 g/mol. The quantitative estimate of drug-likeness (QED) is 0.798. The SMILES string of the molecule is CN(CC(=O)Nc1ccc(OC(F)(F)F)cc1)C(=O)CCc1ccccc1. The molecule has 0 atom stereocenters. The summed E-state index contributed by atoms with van der Waals surface area (Å²) >= 11 is 0. The molecule has 0 aliphatic carbocycles. The highest BCUT2D eigenvalue weighted by molar-refractivity contribution is 5.94. The van der Waals surface area contributed by atoms with Gasteiger partial charge in [-0.25, -0.2) is 0 Å². The maximum atomic E-state index is 12.1. The molecule has 2 aromatic carbocycles. The highest BCUT2D eigenvalue weighted by Gasteiger charge is 2.30. The summed E-state index contributed by atoms with van der Waals surface area (Å²) in [6, 6.07) is 14.3. The lowest BCUT2D eigenvalue weighted by Gasteiger charge is -2.17. The van der Waals surface area contributed by atoms with Gasteiger partial charge in [-0.1, -0.05) is 30.3 Å².